The first kappa shape index (κ1) is 12.2. The molecule has 0 heterocycles. The summed E-state index contributed by atoms with van der Waals surface area (Å²) in [4.78, 5) is 0. The number of halogens is 1. The van der Waals surface area contributed by atoms with Gasteiger partial charge in [-0.15, -0.1) is 0 Å². The number of rotatable bonds is 4. The SMILES string of the molecule is CNC(C)CCc1c(C)cc(C)cc1F. The van der Waals surface area contributed by atoms with Crippen LogP contribution in [0.3, 0.4) is 0 Å². The van der Waals surface area contributed by atoms with Crippen molar-refractivity contribution in [3.63, 3.8) is 0 Å². The molecule has 0 amide bonds. The Bertz CT molecular complexity index is 310. The number of nitrogens with one attached hydrogen (secondary N) is 1. The molecule has 1 nitrogen and oxygen atoms in total. The standard InChI is InChI=1S/C13H20FN/c1-9-7-10(2)12(13(14)8-9)6-5-11(3)15-4/h7-8,11,15H,5-6H2,1-4H3. The van der Waals surface area contributed by atoms with E-state index in [1.165, 1.54) is 0 Å². The van der Waals surface area contributed by atoms with E-state index in [4.69, 9.17) is 0 Å². The van der Waals surface area contributed by atoms with E-state index in [2.05, 4.69) is 12.2 Å². The summed E-state index contributed by atoms with van der Waals surface area (Å²) >= 11 is 0. The summed E-state index contributed by atoms with van der Waals surface area (Å²) in [5.41, 5.74) is 2.92. The lowest BCUT2D eigenvalue weighted by atomic mass is 9.99. The van der Waals surface area contributed by atoms with Crippen molar-refractivity contribution in [3.05, 3.63) is 34.6 Å². The Morgan fingerprint density at radius 2 is 2.00 bits per heavy atom. The highest BCUT2D eigenvalue weighted by Crippen LogP contribution is 2.17. The van der Waals surface area contributed by atoms with Crippen molar-refractivity contribution in [3.8, 4) is 0 Å². The quantitative estimate of drug-likeness (QED) is 0.804. The third-order valence-electron chi connectivity index (χ3n) is 2.88. The molecule has 1 N–H and O–H groups in total. The zero-order valence-corrected chi connectivity index (χ0v) is 10.0. The Morgan fingerprint density at radius 1 is 1.33 bits per heavy atom. The Morgan fingerprint density at radius 3 is 2.53 bits per heavy atom. The maximum absolute atomic E-state index is 13.6. The van der Waals surface area contributed by atoms with E-state index in [-0.39, 0.29) is 5.82 Å². The maximum atomic E-state index is 13.6. The second kappa shape index (κ2) is 5.26. The van der Waals surface area contributed by atoms with Gasteiger partial charge in [-0.3, -0.25) is 0 Å². The predicted octanol–water partition coefficient (Wildman–Crippen LogP) is 2.98. The second-order valence-corrected chi connectivity index (χ2v) is 4.27. The molecule has 15 heavy (non-hydrogen) atoms. The van der Waals surface area contributed by atoms with Gasteiger partial charge in [-0.05, 0) is 63.4 Å². The molecule has 1 aromatic rings. The average Bonchev–Trinajstić information content (AvgIpc) is 2.15. The monoisotopic (exact) mass is 209 g/mol. The summed E-state index contributed by atoms with van der Waals surface area (Å²) in [7, 11) is 1.93. The van der Waals surface area contributed by atoms with Crippen molar-refractivity contribution >= 4 is 0 Å². The van der Waals surface area contributed by atoms with E-state index in [1.807, 2.05) is 27.0 Å². The minimum absolute atomic E-state index is 0.0594. The van der Waals surface area contributed by atoms with Gasteiger partial charge in [-0.2, -0.15) is 0 Å². The van der Waals surface area contributed by atoms with E-state index < -0.39 is 0 Å². The second-order valence-electron chi connectivity index (χ2n) is 4.27. The summed E-state index contributed by atoms with van der Waals surface area (Å²) in [5, 5.41) is 3.16. The van der Waals surface area contributed by atoms with E-state index in [0.29, 0.717) is 6.04 Å². The molecule has 1 atom stereocenters. The molecule has 2 heteroatoms. The highest BCUT2D eigenvalue weighted by Gasteiger charge is 2.08. The Kier molecular flexibility index (Phi) is 4.28. The van der Waals surface area contributed by atoms with Crippen molar-refractivity contribution in [1.29, 1.82) is 0 Å². The van der Waals surface area contributed by atoms with Crippen LogP contribution in [0.2, 0.25) is 0 Å². The lowest BCUT2D eigenvalue weighted by Gasteiger charge is -2.12. The van der Waals surface area contributed by atoms with Crippen LogP contribution >= 0.6 is 0 Å². The predicted molar refractivity (Wildman–Crippen MR) is 62.7 cm³/mol. The molecule has 0 aromatic heterocycles. The Balaban J connectivity index is 2.77. The molecule has 0 saturated heterocycles. The third kappa shape index (κ3) is 3.31. The number of hydrogen-bond donors (Lipinski definition) is 1. The van der Waals surface area contributed by atoms with Crippen molar-refractivity contribution in [2.45, 2.75) is 39.7 Å². The van der Waals surface area contributed by atoms with Gasteiger partial charge in [0, 0.05) is 6.04 Å². The molecular weight excluding hydrogens is 189 g/mol. The summed E-state index contributed by atoms with van der Waals surface area (Å²) < 4.78 is 13.6. The van der Waals surface area contributed by atoms with Gasteiger partial charge in [0.25, 0.3) is 0 Å². The van der Waals surface area contributed by atoms with Crippen LogP contribution in [0, 0.1) is 19.7 Å². The van der Waals surface area contributed by atoms with E-state index in [1.54, 1.807) is 6.07 Å². The van der Waals surface area contributed by atoms with Crippen LogP contribution in [0.15, 0.2) is 12.1 Å². The zero-order valence-electron chi connectivity index (χ0n) is 10.0. The van der Waals surface area contributed by atoms with Crippen LogP contribution in [0.1, 0.15) is 30.0 Å². The molecule has 0 radical (unpaired) electrons. The number of hydrogen-bond acceptors (Lipinski definition) is 1. The molecule has 0 aliphatic heterocycles. The number of aryl methyl sites for hydroxylation is 2. The molecule has 1 unspecified atom stereocenters. The van der Waals surface area contributed by atoms with Gasteiger partial charge in [-0.1, -0.05) is 6.07 Å². The first-order valence-corrected chi connectivity index (χ1v) is 5.47. The van der Waals surface area contributed by atoms with Crippen molar-refractivity contribution in [2.24, 2.45) is 0 Å². The largest absolute Gasteiger partial charge is 0.317 e. The van der Waals surface area contributed by atoms with Crippen LogP contribution in [0.4, 0.5) is 4.39 Å². The minimum atomic E-state index is -0.0594. The topological polar surface area (TPSA) is 12.0 Å². The molecule has 84 valence electrons. The molecule has 0 saturated carbocycles. The van der Waals surface area contributed by atoms with Crippen molar-refractivity contribution < 1.29 is 4.39 Å². The molecule has 0 fully saturated rings. The van der Waals surface area contributed by atoms with Gasteiger partial charge in [0.1, 0.15) is 5.82 Å². The Hall–Kier alpha value is -0.890. The highest BCUT2D eigenvalue weighted by molar-refractivity contribution is 5.32. The van der Waals surface area contributed by atoms with Gasteiger partial charge in [0.2, 0.25) is 0 Å². The summed E-state index contributed by atoms with van der Waals surface area (Å²) in [6, 6.07) is 4.10. The van der Waals surface area contributed by atoms with Crippen LogP contribution < -0.4 is 5.32 Å². The van der Waals surface area contributed by atoms with Crippen LogP contribution in [0.25, 0.3) is 0 Å². The third-order valence-corrected chi connectivity index (χ3v) is 2.88. The fourth-order valence-corrected chi connectivity index (χ4v) is 1.77. The highest BCUT2D eigenvalue weighted by atomic mass is 19.1. The van der Waals surface area contributed by atoms with Crippen molar-refractivity contribution in [2.75, 3.05) is 7.05 Å². The fourth-order valence-electron chi connectivity index (χ4n) is 1.77. The summed E-state index contributed by atoms with van der Waals surface area (Å²) in [5.74, 6) is -0.0594. The van der Waals surface area contributed by atoms with Crippen LogP contribution in [0.5, 0.6) is 0 Å². The van der Waals surface area contributed by atoms with Gasteiger partial charge < -0.3 is 5.32 Å². The summed E-state index contributed by atoms with van der Waals surface area (Å²) in [6.45, 7) is 6.02. The van der Waals surface area contributed by atoms with Crippen LogP contribution in [-0.4, -0.2) is 13.1 Å². The van der Waals surface area contributed by atoms with E-state index in [9.17, 15) is 4.39 Å². The van der Waals surface area contributed by atoms with Gasteiger partial charge in [-0.25, -0.2) is 4.39 Å². The lowest BCUT2D eigenvalue weighted by Crippen LogP contribution is -2.21. The molecular formula is C13H20FN. The van der Waals surface area contributed by atoms with E-state index >= 15 is 0 Å². The van der Waals surface area contributed by atoms with E-state index in [0.717, 1.165) is 29.5 Å². The normalized spacial score (nSPS) is 12.9. The summed E-state index contributed by atoms with van der Waals surface area (Å²) in [6.07, 6.45) is 1.78. The molecule has 0 spiro atoms. The van der Waals surface area contributed by atoms with Gasteiger partial charge in [0.05, 0.1) is 0 Å². The first-order valence-electron chi connectivity index (χ1n) is 5.47. The fraction of sp³-hybridized carbons (Fsp3) is 0.538. The molecule has 1 aromatic carbocycles. The first-order chi connectivity index (χ1) is 7.04. The zero-order chi connectivity index (χ0) is 11.4. The molecule has 0 aliphatic rings. The minimum Gasteiger partial charge on any atom is -0.317 e. The molecule has 0 bridgehead atoms. The Labute approximate surface area is 91.7 Å². The van der Waals surface area contributed by atoms with Gasteiger partial charge >= 0.3 is 0 Å². The van der Waals surface area contributed by atoms with Crippen molar-refractivity contribution in [1.82, 2.24) is 5.32 Å². The smallest absolute Gasteiger partial charge is 0.126 e. The van der Waals surface area contributed by atoms with Crippen LogP contribution in [-0.2, 0) is 6.42 Å². The number of benzene rings is 1. The average molecular weight is 209 g/mol. The molecule has 1 rings (SSSR count). The lowest BCUT2D eigenvalue weighted by molar-refractivity contribution is 0.545. The van der Waals surface area contributed by atoms with Gasteiger partial charge in [0.15, 0.2) is 0 Å². The maximum Gasteiger partial charge on any atom is 0.126 e. The molecule has 0 aliphatic carbocycles.